The van der Waals surface area contributed by atoms with Crippen molar-refractivity contribution >= 4 is 41.3 Å². The van der Waals surface area contributed by atoms with Gasteiger partial charge in [-0.15, -0.1) is 35.3 Å². The number of hydrogen-bond donors (Lipinski definition) is 2. The van der Waals surface area contributed by atoms with E-state index in [9.17, 15) is 4.39 Å². The van der Waals surface area contributed by atoms with E-state index >= 15 is 0 Å². The predicted molar refractivity (Wildman–Crippen MR) is 115 cm³/mol. The van der Waals surface area contributed by atoms with Crippen LogP contribution in [0.2, 0.25) is 0 Å². The van der Waals surface area contributed by atoms with Gasteiger partial charge in [-0.1, -0.05) is 12.1 Å². The summed E-state index contributed by atoms with van der Waals surface area (Å²) in [5.74, 6) is 0.537. The highest BCUT2D eigenvalue weighted by Gasteiger charge is 2.10. The van der Waals surface area contributed by atoms with Crippen LogP contribution in [0, 0.1) is 26.6 Å². The van der Waals surface area contributed by atoms with Gasteiger partial charge in [0.05, 0.1) is 23.3 Å². The second-order valence-corrected chi connectivity index (χ2v) is 7.10. The highest BCUT2D eigenvalue weighted by molar-refractivity contribution is 14.0. The van der Waals surface area contributed by atoms with Crippen molar-refractivity contribution in [3.63, 3.8) is 0 Å². The Morgan fingerprint density at radius 2 is 2.04 bits per heavy atom. The fraction of sp³-hybridized carbons (Fsp3) is 0.444. The van der Waals surface area contributed by atoms with Crippen LogP contribution in [-0.2, 0) is 6.54 Å². The molecule has 0 aliphatic carbocycles. The Balaban J connectivity index is 0.00000312. The molecular weight excluding hydrogens is 450 g/mol. The summed E-state index contributed by atoms with van der Waals surface area (Å²) in [7, 11) is 0. The van der Waals surface area contributed by atoms with Gasteiger partial charge in [-0.25, -0.2) is 14.4 Å². The summed E-state index contributed by atoms with van der Waals surface area (Å²) in [6, 6.07) is 5.28. The average Bonchev–Trinajstić information content (AvgIpc) is 2.85. The van der Waals surface area contributed by atoms with E-state index in [1.165, 1.54) is 4.88 Å². The van der Waals surface area contributed by atoms with Crippen LogP contribution in [0.5, 0.6) is 0 Å². The summed E-state index contributed by atoms with van der Waals surface area (Å²) in [5, 5.41) is 7.62. The Bertz CT molecular complexity index is 730. The van der Waals surface area contributed by atoms with Gasteiger partial charge < -0.3 is 10.6 Å². The van der Waals surface area contributed by atoms with Crippen molar-refractivity contribution in [2.24, 2.45) is 4.99 Å². The lowest BCUT2D eigenvalue weighted by Gasteiger charge is -2.18. The number of rotatable bonds is 5. The van der Waals surface area contributed by atoms with E-state index < -0.39 is 0 Å². The van der Waals surface area contributed by atoms with E-state index in [0.717, 1.165) is 28.8 Å². The lowest BCUT2D eigenvalue weighted by atomic mass is 10.1. The molecule has 0 spiro atoms. The molecule has 4 nitrogen and oxygen atoms in total. The van der Waals surface area contributed by atoms with E-state index in [4.69, 9.17) is 0 Å². The van der Waals surface area contributed by atoms with Crippen LogP contribution < -0.4 is 10.6 Å². The van der Waals surface area contributed by atoms with Crippen LogP contribution in [0.1, 0.15) is 46.6 Å². The molecule has 2 rings (SSSR count). The largest absolute Gasteiger partial charge is 0.357 e. The number of nitrogens with zero attached hydrogens (tertiary/aromatic N) is 2. The summed E-state index contributed by atoms with van der Waals surface area (Å²) in [6.45, 7) is 11.1. The lowest BCUT2D eigenvalue weighted by Crippen LogP contribution is -2.38. The molecule has 2 N–H and O–H groups in total. The number of aliphatic imine (C=N–C) groups is 1. The first-order chi connectivity index (χ1) is 11.4. The van der Waals surface area contributed by atoms with Gasteiger partial charge >= 0.3 is 0 Å². The summed E-state index contributed by atoms with van der Waals surface area (Å²) < 4.78 is 13.8. The first kappa shape index (κ1) is 21.8. The zero-order valence-electron chi connectivity index (χ0n) is 15.3. The average molecular weight is 476 g/mol. The highest BCUT2D eigenvalue weighted by atomic mass is 127. The third-order valence-electron chi connectivity index (χ3n) is 3.77. The van der Waals surface area contributed by atoms with Crippen LogP contribution in [0.4, 0.5) is 4.39 Å². The number of aryl methyl sites for hydroxylation is 3. The fourth-order valence-corrected chi connectivity index (χ4v) is 3.22. The quantitative estimate of drug-likeness (QED) is 0.376. The van der Waals surface area contributed by atoms with Crippen molar-refractivity contribution in [3.8, 4) is 0 Å². The molecule has 7 heteroatoms. The second kappa shape index (κ2) is 10.1. The van der Waals surface area contributed by atoms with Gasteiger partial charge in [0.2, 0.25) is 0 Å². The van der Waals surface area contributed by atoms with Crippen molar-refractivity contribution in [1.29, 1.82) is 0 Å². The molecule has 1 aromatic heterocycles. The van der Waals surface area contributed by atoms with Crippen LogP contribution >= 0.6 is 35.3 Å². The van der Waals surface area contributed by atoms with E-state index in [1.54, 1.807) is 30.4 Å². The molecule has 25 heavy (non-hydrogen) atoms. The summed E-state index contributed by atoms with van der Waals surface area (Å²) in [6.07, 6.45) is 0. The molecule has 0 bridgehead atoms. The van der Waals surface area contributed by atoms with Crippen LogP contribution in [-0.4, -0.2) is 17.5 Å². The molecule has 0 aliphatic heterocycles. The standard InChI is InChI=1S/C18H25FN4S.HI/c1-6-20-18(21-10-17-13(4)22-14(5)24-17)23-12(3)15-8-7-11(2)16(19)9-15;/h7-9,12H,6,10H2,1-5H3,(H2,20,21,23);1H. The first-order valence-electron chi connectivity index (χ1n) is 8.14. The van der Waals surface area contributed by atoms with Crippen molar-refractivity contribution in [2.75, 3.05) is 6.54 Å². The normalized spacial score (nSPS) is 12.5. The first-order valence-corrected chi connectivity index (χ1v) is 8.96. The SMILES string of the molecule is CCNC(=NCc1sc(C)nc1C)NC(C)c1ccc(C)c(F)c1.I. The number of guanidine groups is 1. The number of thiazole rings is 1. The molecule has 1 heterocycles. The minimum atomic E-state index is -0.182. The second-order valence-electron chi connectivity index (χ2n) is 5.81. The van der Waals surface area contributed by atoms with Crippen molar-refractivity contribution in [2.45, 2.75) is 47.2 Å². The number of halogens is 2. The van der Waals surface area contributed by atoms with Gasteiger partial charge in [0, 0.05) is 11.4 Å². The Labute approximate surface area is 170 Å². The summed E-state index contributed by atoms with van der Waals surface area (Å²) in [4.78, 5) is 10.2. The van der Waals surface area contributed by atoms with Gasteiger partial charge in [-0.3, -0.25) is 0 Å². The molecule has 0 saturated heterocycles. The van der Waals surface area contributed by atoms with Crippen LogP contribution in [0.3, 0.4) is 0 Å². The fourth-order valence-electron chi connectivity index (χ4n) is 2.36. The molecule has 1 unspecified atom stereocenters. The van der Waals surface area contributed by atoms with Crippen LogP contribution in [0.25, 0.3) is 0 Å². The van der Waals surface area contributed by atoms with Crippen molar-refractivity contribution in [1.82, 2.24) is 15.6 Å². The number of hydrogen-bond acceptors (Lipinski definition) is 3. The number of nitrogens with one attached hydrogen (secondary N) is 2. The zero-order chi connectivity index (χ0) is 17.7. The van der Waals surface area contributed by atoms with E-state index in [2.05, 4.69) is 20.6 Å². The van der Waals surface area contributed by atoms with E-state index in [0.29, 0.717) is 12.1 Å². The lowest BCUT2D eigenvalue weighted by molar-refractivity contribution is 0.607. The molecule has 0 fully saturated rings. The van der Waals surface area contributed by atoms with Crippen molar-refractivity contribution in [3.05, 3.63) is 50.7 Å². The molecule has 138 valence electrons. The van der Waals surface area contributed by atoms with Gasteiger partial charge in [0.25, 0.3) is 0 Å². The zero-order valence-corrected chi connectivity index (χ0v) is 18.5. The minimum Gasteiger partial charge on any atom is -0.357 e. The molecular formula is C18H26FIN4S. The molecule has 2 aromatic rings. The third-order valence-corrected chi connectivity index (χ3v) is 4.83. The smallest absolute Gasteiger partial charge is 0.192 e. The highest BCUT2D eigenvalue weighted by Crippen LogP contribution is 2.19. The van der Waals surface area contributed by atoms with Gasteiger partial charge in [-0.2, -0.15) is 0 Å². The molecule has 0 saturated carbocycles. The monoisotopic (exact) mass is 476 g/mol. The molecule has 0 amide bonds. The minimum absolute atomic E-state index is 0. The molecule has 0 radical (unpaired) electrons. The Hall–Kier alpha value is -1.22. The van der Waals surface area contributed by atoms with Gasteiger partial charge in [0.1, 0.15) is 5.82 Å². The Morgan fingerprint density at radius 1 is 1.32 bits per heavy atom. The Morgan fingerprint density at radius 3 is 2.60 bits per heavy atom. The summed E-state index contributed by atoms with van der Waals surface area (Å²) >= 11 is 1.67. The van der Waals surface area contributed by atoms with Crippen molar-refractivity contribution < 1.29 is 4.39 Å². The van der Waals surface area contributed by atoms with E-state index in [1.807, 2.05) is 33.8 Å². The van der Waals surface area contributed by atoms with E-state index in [-0.39, 0.29) is 35.8 Å². The maximum atomic E-state index is 13.8. The van der Waals surface area contributed by atoms with Crippen LogP contribution in [0.15, 0.2) is 23.2 Å². The summed E-state index contributed by atoms with van der Waals surface area (Å²) in [5.41, 5.74) is 2.59. The third kappa shape index (κ3) is 6.22. The predicted octanol–water partition coefficient (Wildman–Crippen LogP) is 4.64. The maximum absolute atomic E-state index is 13.8. The van der Waals surface area contributed by atoms with Gasteiger partial charge in [-0.05, 0) is 51.8 Å². The molecule has 0 aliphatic rings. The maximum Gasteiger partial charge on any atom is 0.192 e. The number of aromatic nitrogens is 1. The molecule has 1 aromatic carbocycles. The van der Waals surface area contributed by atoms with Gasteiger partial charge in [0.15, 0.2) is 5.96 Å². The number of benzene rings is 1. The topological polar surface area (TPSA) is 49.3 Å². The Kier molecular flexibility index (Phi) is 8.78. The molecule has 1 atom stereocenters.